The molecule has 0 radical (unpaired) electrons. The molecule has 2 heterocycles. The minimum absolute atomic E-state index is 0.338. The third-order valence-electron chi connectivity index (χ3n) is 7.04. The predicted molar refractivity (Wildman–Crippen MR) is 161 cm³/mol. The summed E-state index contributed by atoms with van der Waals surface area (Å²) in [5, 5.41) is 10.1. The van der Waals surface area contributed by atoms with E-state index in [1.165, 1.54) is 4.68 Å². The summed E-state index contributed by atoms with van der Waals surface area (Å²) in [5.41, 5.74) is 4.19. The predicted octanol–water partition coefficient (Wildman–Crippen LogP) is 5.07. The van der Waals surface area contributed by atoms with Crippen LogP contribution in [0.25, 0.3) is 11.1 Å². The normalized spacial score (nSPS) is 11.5. The van der Waals surface area contributed by atoms with Crippen molar-refractivity contribution in [2.75, 3.05) is 19.5 Å². The van der Waals surface area contributed by atoms with Crippen LogP contribution in [0.4, 0.5) is 5.69 Å². The van der Waals surface area contributed by atoms with Crippen molar-refractivity contribution >= 4 is 17.5 Å². The minimum atomic E-state index is -0.969. The summed E-state index contributed by atoms with van der Waals surface area (Å²) in [5.74, 6) is -0.148. The zero-order valence-corrected chi connectivity index (χ0v) is 23.5. The lowest BCUT2D eigenvalue weighted by Crippen LogP contribution is -2.48. The molecule has 9 nitrogen and oxygen atoms in total. The molecule has 0 unspecified atom stereocenters. The third-order valence-corrected chi connectivity index (χ3v) is 7.04. The van der Waals surface area contributed by atoms with Gasteiger partial charge in [-0.15, -0.1) is 0 Å². The molecule has 2 N–H and O–H groups in total. The van der Waals surface area contributed by atoms with Gasteiger partial charge in [0.2, 0.25) is 5.91 Å². The quantitative estimate of drug-likeness (QED) is 0.247. The van der Waals surface area contributed by atoms with E-state index in [0.717, 1.165) is 22.3 Å². The Morgan fingerprint density at radius 2 is 1.43 bits per heavy atom. The maximum absolute atomic E-state index is 14.1. The van der Waals surface area contributed by atoms with Crippen molar-refractivity contribution in [3.63, 3.8) is 0 Å². The van der Waals surface area contributed by atoms with E-state index >= 15 is 0 Å². The zero-order chi connectivity index (χ0) is 29.5. The molecule has 0 aliphatic rings. The molecule has 3 aromatic carbocycles. The van der Waals surface area contributed by atoms with Crippen LogP contribution in [0, 0.1) is 0 Å². The second-order valence-corrected chi connectivity index (χ2v) is 9.57. The molecule has 0 aliphatic heterocycles. The number of methoxy groups -OCH3 is 2. The first-order valence-corrected chi connectivity index (χ1v) is 13.4. The number of anilines is 1. The van der Waals surface area contributed by atoms with Crippen LogP contribution in [0.3, 0.4) is 0 Å². The Morgan fingerprint density at radius 1 is 0.786 bits per heavy atom. The van der Waals surface area contributed by atoms with Crippen molar-refractivity contribution in [2.24, 2.45) is 7.05 Å². The van der Waals surface area contributed by atoms with Gasteiger partial charge in [-0.25, -0.2) is 0 Å². The first-order valence-electron chi connectivity index (χ1n) is 13.4. The van der Waals surface area contributed by atoms with Crippen LogP contribution in [-0.4, -0.2) is 46.8 Å². The Balaban J connectivity index is 1.53. The average Bonchev–Trinajstić information content (AvgIpc) is 3.47. The molecule has 2 aromatic heterocycles. The van der Waals surface area contributed by atoms with Gasteiger partial charge in [0.15, 0.2) is 0 Å². The Labute approximate surface area is 244 Å². The number of carbonyl (C=O) groups is 2. The molecule has 0 fully saturated rings. The number of nitrogens with zero attached hydrogens (tertiary/aromatic N) is 3. The van der Waals surface area contributed by atoms with Crippen LogP contribution >= 0.6 is 0 Å². The van der Waals surface area contributed by atoms with Crippen molar-refractivity contribution < 1.29 is 19.1 Å². The number of nitrogens with one attached hydrogen (secondary N) is 2. The zero-order valence-electron chi connectivity index (χ0n) is 23.5. The molecule has 5 rings (SSSR count). The molecular weight excluding hydrogens is 530 g/mol. The maximum atomic E-state index is 14.1. The van der Waals surface area contributed by atoms with E-state index in [2.05, 4.69) is 20.7 Å². The number of benzene rings is 3. The number of ether oxygens (including phenoxy) is 2. The fourth-order valence-electron chi connectivity index (χ4n) is 4.99. The van der Waals surface area contributed by atoms with Crippen molar-refractivity contribution in [1.29, 1.82) is 0 Å². The van der Waals surface area contributed by atoms with Gasteiger partial charge in [-0.1, -0.05) is 60.7 Å². The first-order chi connectivity index (χ1) is 20.5. The second kappa shape index (κ2) is 12.8. The Bertz CT molecular complexity index is 1630. The minimum Gasteiger partial charge on any atom is -0.496 e. The molecule has 0 bridgehead atoms. The molecule has 212 valence electrons. The third kappa shape index (κ3) is 6.00. The highest BCUT2D eigenvalue weighted by molar-refractivity contribution is 6.01. The molecule has 1 atom stereocenters. The van der Waals surface area contributed by atoms with Gasteiger partial charge >= 0.3 is 0 Å². The number of aromatic nitrogens is 3. The Kier molecular flexibility index (Phi) is 8.58. The van der Waals surface area contributed by atoms with Gasteiger partial charge in [0.25, 0.3) is 5.91 Å². The molecule has 0 aliphatic carbocycles. The van der Waals surface area contributed by atoms with E-state index < -0.39 is 17.9 Å². The molecule has 0 spiro atoms. The number of rotatable bonds is 10. The monoisotopic (exact) mass is 561 g/mol. The molecule has 5 aromatic rings. The van der Waals surface area contributed by atoms with E-state index in [1.54, 1.807) is 58.1 Å². The van der Waals surface area contributed by atoms with Gasteiger partial charge in [-0.05, 0) is 35.4 Å². The van der Waals surface area contributed by atoms with Gasteiger partial charge < -0.3 is 20.1 Å². The molecule has 0 saturated carbocycles. The van der Waals surface area contributed by atoms with Crippen LogP contribution in [0.2, 0.25) is 0 Å². The number of amides is 2. The van der Waals surface area contributed by atoms with Gasteiger partial charge in [0.1, 0.15) is 23.2 Å². The summed E-state index contributed by atoms with van der Waals surface area (Å²) in [6.07, 6.45) is 4.85. The lowest BCUT2D eigenvalue weighted by molar-refractivity contribution is -0.118. The fourth-order valence-corrected chi connectivity index (χ4v) is 4.99. The van der Waals surface area contributed by atoms with Crippen molar-refractivity contribution in [3.05, 3.63) is 126 Å². The lowest BCUT2D eigenvalue weighted by Gasteiger charge is -2.28. The topological polar surface area (TPSA) is 107 Å². The van der Waals surface area contributed by atoms with Gasteiger partial charge in [0.05, 0.1) is 20.4 Å². The van der Waals surface area contributed by atoms with Gasteiger partial charge in [-0.2, -0.15) is 5.10 Å². The van der Waals surface area contributed by atoms with Gasteiger partial charge in [-0.3, -0.25) is 19.3 Å². The second-order valence-electron chi connectivity index (χ2n) is 9.57. The highest BCUT2D eigenvalue weighted by atomic mass is 16.5. The highest BCUT2D eigenvalue weighted by Gasteiger charge is 2.33. The summed E-state index contributed by atoms with van der Waals surface area (Å²) >= 11 is 0. The standard InChI is InChI=1S/C33H31N5O4/c1-38-27(17-19-35-38)32(39)37-31(30(22-10-6-4-7-11-22)23-12-8-5-9-13-23)33(40)36-24-14-15-25(28(20-24)41-2)26-16-18-34-21-29(26)42-3/h4-21,30-31H,1-3H3,(H,36,40)(H,37,39)/t31-/m0/s1. The molecule has 42 heavy (non-hydrogen) atoms. The van der Waals surface area contributed by atoms with Crippen LogP contribution in [-0.2, 0) is 11.8 Å². The number of carbonyl (C=O) groups excluding carboxylic acids is 2. The fraction of sp³-hybridized carbons (Fsp3) is 0.152. The van der Waals surface area contributed by atoms with Crippen molar-refractivity contribution in [2.45, 2.75) is 12.0 Å². The summed E-state index contributed by atoms with van der Waals surface area (Å²) in [4.78, 5) is 31.7. The van der Waals surface area contributed by atoms with Crippen molar-refractivity contribution in [3.8, 4) is 22.6 Å². The maximum Gasteiger partial charge on any atom is 0.270 e. The Hall–Kier alpha value is -5.44. The number of pyridine rings is 1. The largest absolute Gasteiger partial charge is 0.496 e. The van der Waals surface area contributed by atoms with Gasteiger partial charge in [0, 0.05) is 48.2 Å². The van der Waals surface area contributed by atoms with E-state index in [9.17, 15) is 9.59 Å². The molecular formula is C33H31N5O4. The number of aryl methyl sites for hydroxylation is 1. The molecule has 2 amide bonds. The van der Waals surface area contributed by atoms with Crippen LogP contribution in [0.15, 0.2) is 110 Å². The highest BCUT2D eigenvalue weighted by Crippen LogP contribution is 2.37. The van der Waals surface area contributed by atoms with E-state index in [0.29, 0.717) is 22.9 Å². The first kappa shape index (κ1) is 28.1. The van der Waals surface area contributed by atoms with Crippen LogP contribution in [0.5, 0.6) is 11.5 Å². The van der Waals surface area contributed by atoms with E-state index in [4.69, 9.17) is 9.47 Å². The lowest BCUT2D eigenvalue weighted by atomic mass is 9.84. The number of hydrogen-bond acceptors (Lipinski definition) is 6. The van der Waals surface area contributed by atoms with E-state index in [1.807, 2.05) is 72.8 Å². The SMILES string of the molecule is COc1cnccc1-c1ccc(NC(=O)[C@@H](NC(=O)c2ccnn2C)C(c2ccccc2)c2ccccc2)cc1OC. The smallest absolute Gasteiger partial charge is 0.270 e. The summed E-state index contributed by atoms with van der Waals surface area (Å²) in [7, 11) is 4.83. The molecule has 9 heteroatoms. The Morgan fingerprint density at radius 3 is 2.02 bits per heavy atom. The average molecular weight is 562 g/mol. The summed E-state index contributed by atoms with van der Waals surface area (Å²) in [6, 6.07) is 27.2. The summed E-state index contributed by atoms with van der Waals surface area (Å²) in [6.45, 7) is 0. The van der Waals surface area contributed by atoms with Crippen LogP contribution < -0.4 is 20.1 Å². The molecule has 0 saturated heterocycles. The summed E-state index contributed by atoms with van der Waals surface area (Å²) < 4.78 is 12.6. The van der Waals surface area contributed by atoms with Crippen LogP contribution in [0.1, 0.15) is 27.5 Å². The number of hydrogen-bond donors (Lipinski definition) is 2. The van der Waals surface area contributed by atoms with Crippen molar-refractivity contribution in [1.82, 2.24) is 20.1 Å². The van der Waals surface area contributed by atoms with E-state index in [-0.39, 0.29) is 5.91 Å².